The number of ether oxygens (including phenoxy) is 7. The Morgan fingerprint density at radius 1 is 0.218 bits per heavy atom. The first-order valence-electron chi connectivity index (χ1n) is 31.8. The molecule has 20 nitrogen and oxygen atoms in total. The van der Waals surface area contributed by atoms with E-state index in [1.807, 2.05) is 0 Å². The summed E-state index contributed by atoms with van der Waals surface area (Å²) in [6.07, 6.45) is -100. The van der Waals surface area contributed by atoms with Crippen molar-refractivity contribution in [3.8, 4) is 0 Å². The molecular weight excluding hydrogens is 1820 g/mol. The van der Waals surface area contributed by atoms with E-state index in [1.165, 1.54) is 0 Å². The first-order valence-corrected chi connectivity index (χ1v) is 31.8. The maximum Gasteiger partial charge on any atom is 0.434 e. The van der Waals surface area contributed by atoms with Crippen LogP contribution in [0.25, 0.3) is 21.5 Å². The van der Waals surface area contributed by atoms with Gasteiger partial charge < -0.3 is 42.8 Å². The zero-order valence-electron chi connectivity index (χ0n) is 60.9. The maximum atomic E-state index is 12.7. The van der Waals surface area contributed by atoms with Crippen LogP contribution in [0.4, 0.5) is 158 Å². The summed E-state index contributed by atoms with van der Waals surface area (Å²) in [6, 6.07) is 17.3. The molecule has 0 fully saturated rings. The summed E-state index contributed by atoms with van der Waals surface area (Å²) in [5.74, 6) is -16.6. The fraction of sp³-hybridized carbons (Fsp3) is 0.368. The summed E-state index contributed by atoms with van der Waals surface area (Å²) in [4.78, 5) is 116. The predicted molar refractivity (Wildman–Crippen MR) is 338 cm³/mol. The topological polar surface area (TPSA) is 261 Å². The third-order valence-corrected chi connectivity index (χ3v) is 13.8. The van der Waals surface area contributed by atoms with Gasteiger partial charge in [0.15, 0.2) is 12.2 Å². The molecule has 124 heavy (non-hydrogen) atoms. The molecule has 0 saturated heterocycles. The van der Waals surface area contributed by atoms with Crippen molar-refractivity contribution < 1.29 is 244 Å². The highest BCUT2D eigenvalue weighted by molar-refractivity contribution is 6.03. The number of halogens is 36. The third-order valence-electron chi connectivity index (χ3n) is 13.8. The average Bonchev–Trinajstić information content (AvgIpc) is 0.786. The Balaban J connectivity index is 0.000000432. The van der Waals surface area contributed by atoms with E-state index in [4.69, 9.17) is 9.68 Å². The Kier molecular flexibility index (Phi) is 34.2. The Morgan fingerprint density at radius 3 is 0.565 bits per heavy atom. The molecule has 0 aromatic heterocycles. The SMILES string of the molecule is CC(C)=NOC(=O)c1ccc2cc(C(=O)ON=C(C)C)ccc2c1.CC(OC(=O)c1cc(C(=O)OC(C(F)(F)F)C(F)(F)F)cc(C(=O)OC(C(F)(F)F)C(F)(F)F)c1)C(F)(F)F.CC(OC(=O)c1ccc2cc(C(=O)OC(C(F)(F)F)C(F)(F)F)ccc2c1)C(F)(F)F.O=C(OC(C(F)(F)F)C(F)(F)F)c1cccc(C(=O)OC(C(F)(F)F)C(F)(F)F)c1. The second-order valence-electron chi connectivity index (χ2n) is 24.3. The van der Waals surface area contributed by atoms with Crippen LogP contribution in [0.5, 0.6) is 0 Å². The summed E-state index contributed by atoms with van der Waals surface area (Å²) in [7, 11) is 0. The number of benzene rings is 6. The Hall–Kier alpha value is -12.1. The molecule has 6 aromatic rings. The molecule has 0 aliphatic heterocycles. The van der Waals surface area contributed by atoms with Gasteiger partial charge >= 0.3 is 128 Å². The Labute approximate surface area is 663 Å². The van der Waals surface area contributed by atoms with E-state index in [0.29, 0.717) is 47.7 Å². The van der Waals surface area contributed by atoms with Crippen LogP contribution in [0, 0.1) is 0 Å². The third kappa shape index (κ3) is 32.6. The van der Waals surface area contributed by atoms with Gasteiger partial charge in [-0.05, 0) is 148 Å². The average molecular weight is 1860 g/mol. The van der Waals surface area contributed by atoms with Gasteiger partial charge in [0.25, 0.3) is 30.5 Å². The molecule has 2 atom stereocenters. The number of rotatable bonds is 18. The highest BCUT2D eigenvalue weighted by Gasteiger charge is 2.64. The zero-order chi connectivity index (χ0) is 96.1. The van der Waals surface area contributed by atoms with Crippen LogP contribution < -0.4 is 0 Å². The summed E-state index contributed by atoms with van der Waals surface area (Å²) >= 11 is 0. The minimum absolute atomic E-state index is 0.0884. The Morgan fingerprint density at radius 2 is 0.379 bits per heavy atom. The fourth-order valence-electron chi connectivity index (χ4n) is 8.19. The second kappa shape index (κ2) is 40.0. The number of esters is 7. The molecule has 0 saturated carbocycles. The molecule has 0 N–H and O–H groups in total. The van der Waals surface area contributed by atoms with Gasteiger partial charge in [-0.15, -0.1) is 0 Å². The number of alkyl halides is 36. The Bertz CT molecular complexity index is 4620. The van der Waals surface area contributed by atoms with Gasteiger partial charge in [0.2, 0.25) is 0 Å². The molecule has 2 unspecified atom stereocenters. The molecule has 0 amide bonds. The van der Waals surface area contributed by atoms with Crippen molar-refractivity contribution in [3.05, 3.63) is 165 Å². The maximum absolute atomic E-state index is 12.7. The monoisotopic (exact) mass is 1860 g/mol. The summed E-state index contributed by atoms with van der Waals surface area (Å²) in [5, 5.41) is 9.13. The summed E-state index contributed by atoms with van der Waals surface area (Å²) < 4.78 is 476. The second-order valence-corrected chi connectivity index (χ2v) is 24.3. The van der Waals surface area contributed by atoms with Gasteiger partial charge in [0, 0.05) is 0 Å². The normalized spacial score (nSPS) is 13.2. The molecule has 0 heterocycles. The summed E-state index contributed by atoms with van der Waals surface area (Å²) in [5.41, 5.74) is -6.32. The van der Waals surface area contributed by atoms with Crippen LogP contribution in [-0.2, 0) is 42.8 Å². The molecule has 0 spiro atoms. The molecule has 0 aliphatic rings. The van der Waals surface area contributed by atoms with Gasteiger partial charge in [-0.2, -0.15) is 158 Å². The van der Waals surface area contributed by atoms with E-state index in [1.54, 1.807) is 64.1 Å². The quantitative estimate of drug-likeness (QED) is 0.0193. The molecule has 0 aliphatic carbocycles. The van der Waals surface area contributed by atoms with Crippen molar-refractivity contribution in [3.63, 3.8) is 0 Å². The molecule has 6 rings (SSSR count). The first-order chi connectivity index (χ1) is 55.8. The van der Waals surface area contributed by atoms with Crippen molar-refractivity contribution >= 4 is 86.7 Å². The van der Waals surface area contributed by atoms with E-state index < -0.39 is 204 Å². The lowest BCUT2D eigenvalue weighted by Gasteiger charge is -2.24. The lowest BCUT2D eigenvalue weighted by Crippen LogP contribution is -2.45. The number of hydrogen-bond acceptors (Lipinski definition) is 20. The van der Waals surface area contributed by atoms with Gasteiger partial charge in [-0.1, -0.05) is 40.6 Å². The van der Waals surface area contributed by atoms with E-state index in [9.17, 15) is 201 Å². The highest BCUT2D eigenvalue weighted by atomic mass is 19.5. The smallest absolute Gasteiger partial charge is 0.434 e. The van der Waals surface area contributed by atoms with Crippen molar-refractivity contribution in [1.82, 2.24) is 0 Å². The van der Waals surface area contributed by atoms with Crippen molar-refractivity contribution in [2.45, 2.75) is 158 Å². The number of carbonyl (C=O) groups is 9. The number of carbonyl (C=O) groups excluding carboxylic acids is 9. The minimum Gasteiger partial charge on any atom is -0.449 e. The van der Waals surface area contributed by atoms with Gasteiger partial charge in [-0.3, -0.25) is 0 Å². The lowest BCUT2D eigenvalue weighted by atomic mass is 10.0. The van der Waals surface area contributed by atoms with Crippen LogP contribution >= 0.6 is 0 Å². The fourth-order valence-corrected chi connectivity index (χ4v) is 8.19. The van der Waals surface area contributed by atoms with Gasteiger partial charge in [-0.25, -0.2) is 43.2 Å². The van der Waals surface area contributed by atoms with Crippen LogP contribution in [-0.4, -0.2) is 182 Å². The van der Waals surface area contributed by atoms with Crippen molar-refractivity contribution in [2.24, 2.45) is 10.3 Å². The van der Waals surface area contributed by atoms with Crippen LogP contribution in [0.3, 0.4) is 0 Å². The van der Waals surface area contributed by atoms with E-state index in [-0.39, 0.29) is 47.5 Å². The van der Waals surface area contributed by atoms with Crippen molar-refractivity contribution in [1.29, 1.82) is 0 Å². The highest BCUT2D eigenvalue weighted by Crippen LogP contribution is 2.42. The van der Waals surface area contributed by atoms with Crippen LogP contribution in [0.1, 0.15) is 135 Å². The van der Waals surface area contributed by atoms with E-state index in [0.717, 1.165) is 47.2 Å². The number of hydrogen-bond donors (Lipinski definition) is 0. The zero-order valence-corrected chi connectivity index (χ0v) is 60.9. The van der Waals surface area contributed by atoms with Crippen LogP contribution in [0.15, 0.2) is 126 Å². The van der Waals surface area contributed by atoms with E-state index >= 15 is 0 Å². The largest absolute Gasteiger partial charge is 0.449 e. The molecule has 56 heteroatoms. The minimum atomic E-state index is -6.33. The summed E-state index contributed by atoms with van der Waals surface area (Å²) in [6.45, 7) is 7.75. The van der Waals surface area contributed by atoms with Gasteiger partial charge in [0.05, 0.1) is 61.5 Å². The van der Waals surface area contributed by atoms with Crippen molar-refractivity contribution in [2.75, 3.05) is 0 Å². The predicted octanol–water partition coefficient (Wildman–Crippen LogP) is 20.6. The van der Waals surface area contributed by atoms with E-state index in [2.05, 4.69) is 43.5 Å². The molecule has 0 bridgehead atoms. The molecular formula is C68H44F36N2O18. The standard InChI is InChI=1S/C18H9F15O6.C18H11F9O4.C18H18N2O4.C14H6F12O4/c1-5(14(19,20)21)37-9(34)6-2-7(10(35)38-12(15(22,23)24)16(25,26)27)4-8(3-6)11(36)39-13(17(28,29)30)18(31,32)33;1-8(16(19,20)21)30-13(28)11-4-2-10-7-12(5-3-9(10)6-11)14(29)31-15(17(22,23)24)18(25,26)27;1-11(2)19-23-17(21)15-7-5-14-10-16(8-6-13(14)9-15)18(22)24-20-12(3)4;15-11(16,17)9(12(18,19)20)29-7(27)5-2-1-3-6(4-5)8(28)30-10(13(21,22)23)14(24,25)26/h2-5,12-13H,1H3;2-8,15H,1H3;5-10H,1-4H3;1-4,9-10H. The number of nitrogens with zero attached hydrogens (tertiary/aromatic N) is 2. The lowest BCUT2D eigenvalue weighted by molar-refractivity contribution is -0.308. The number of fused-ring (bicyclic) bond motifs is 2. The van der Waals surface area contributed by atoms with Gasteiger partial charge in [0.1, 0.15) is 0 Å². The van der Waals surface area contributed by atoms with Crippen LogP contribution in [0.2, 0.25) is 0 Å². The number of oxime groups is 2. The molecule has 6 aromatic carbocycles. The molecule has 0 radical (unpaired) electrons. The first kappa shape index (κ1) is 106. The molecule has 686 valence electrons.